The normalized spacial score (nSPS) is 18.3. The molecule has 0 radical (unpaired) electrons. The summed E-state index contributed by atoms with van der Waals surface area (Å²) < 4.78 is 0. The molecule has 6 heteroatoms. The minimum Gasteiger partial charge on any atom is -0.273 e. The van der Waals surface area contributed by atoms with Crippen LogP contribution in [-0.4, -0.2) is 41.7 Å². The predicted molar refractivity (Wildman–Crippen MR) is 49.3 cm³/mol. The minimum atomic E-state index is -0.891. The summed E-state index contributed by atoms with van der Waals surface area (Å²) in [6, 6.07) is 1.24. The lowest BCUT2D eigenvalue weighted by Gasteiger charge is -2.32. The van der Waals surface area contributed by atoms with Crippen molar-refractivity contribution in [1.82, 2.24) is 9.80 Å². The monoisotopic (exact) mass is 209 g/mol. The first-order chi connectivity index (χ1) is 7.00. The number of carbonyl (C=O) groups is 3. The summed E-state index contributed by atoms with van der Waals surface area (Å²) >= 11 is 0. The molecule has 0 bridgehead atoms. The Labute approximate surface area is 87.0 Å². The first kappa shape index (κ1) is 11.2. The number of urea groups is 1. The quantitative estimate of drug-likeness (QED) is 0.597. The van der Waals surface area contributed by atoms with Gasteiger partial charge in [-0.2, -0.15) is 5.26 Å². The number of rotatable bonds is 2. The molecule has 4 amide bonds. The maximum Gasteiger partial charge on any atom is 0.332 e. The highest BCUT2D eigenvalue weighted by Gasteiger charge is 2.41. The Kier molecular flexibility index (Phi) is 3.04. The van der Waals surface area contributed by atoms with Gasteiger partial charge in [-0.25, -0.2) is 4.79 Å². The molecule has 1 fully saturated rings. The van der Waals surface area contributed by atoms with Crippen molar-refractivity contribution in [3.05, 3.63) is 0 Å². The molecule has 0 aromatic rings. The Morgan fingerprint density at radius 2 is 1.67 bits per heavy atom. The zero-order chi connectivity index (χ0) is 11.6. The number of imide groups is 2. The van der Waals surface area contributed by atoms with Crippen LogP contribution in [0.15, 0.2) is 0 Å². The molecule has 0 N–H and O–H groups in total. The Morgan fingerprint density at radius 3 is 2.07 bits per heavy atom. The van der Waals surface area contributed by atoms with Gasteiger partial charge in [0.2, 0.25) is 11.8 Å². The number of carbonyl (C=O) groups excluding carboxylic acids is 3. The first-order valence-corrected chi connectivity index (χ1v) is 4.46. The van der Waals surface area contributed by atoms with Crippen molar-refractivity contribution in [2.45, 2.75) is 12.8 Å². The highest BCUT2D eigenvalue weighted by Crippen LogP contribution is 2.19. The summed E-state index contributed by atoms with van der Waals surface area (Å²) in [4.78, 5) is 36.2. The van der Waals surface area contributed by atoms with E-state index in [-0.39, 0.29) is 12.8 Å². The fourth-order valence-electron chi connectivity index (χ4n) is 1.44. The van der Waals surface area contributed by atoms with E-state index in [0.717, 1.165) is 9.80 Å². The van der Waals surface area contributed by atoms with Crippen LogP contribution in [0.1, 0.15) is 12.8 Å². The van der Waals surface area contributed by atoms with Gasteiger partial charge in [0.05, 0.1) is 6.07 Å². The van der Waals surface area contributed by atoms with Crippen molar-refractivity contribution >= 4 is 17.8 Å². The third-order valence-corrected chi connectivity index (χ3v) is 2.38. The van der Waals surface area contributed by atoms with Crippen molar-refractivity contribution in [2.24, 2.45) is 5.92 Å². The number of hydrogen-bond acceptors (Lipinski definition) is 4. The Morgan fingerprint density at radius 1 is 1.20 bits per heavy atom. The van der Waals surface area contributed by atoms with Gasteiger partial charge in [-0.15, -0.1) is 0 Å². The van der Waals surface area contributed by atoms with Gasteiger partial charge < -0.3 is 0 Å². The van der Waals surface area contributed by atoms with E-state index in [4.69, 9.17) is 5.26 Å². The van der Waals surface area contributed by atoms with Crippen molar-refractivity contribution in [3.63, 3.8) is 0 Å². The molecule has 1 aliphatic heterocycles. The largest absolute Gasteiger partial charge is 0.332 e. The molecule has 1 rings (SSSR count). The summed E-state index contributed by atoms with van der Waals surface area (Å²) in [7, 11) is 2.65. The molecule has 1 aliphatic rings. The van der Waals surface area contributed by atoms with Gasteiger partial charge in [0.15, 0.2) is 0 Å². The summed E-state index contributed by atoms with van der Waals surface area (Å²) in [5.74, 6) is -1.95. The van der Waals surface area contributed by atoms with Crippen LogP contribution >= 0.6 is 0 Å². The number of barbiturate groups is 1. The molecule has 0 aromatic heterocycles. The summed E-state index contributed by atoms with van der Waals surface area (Å²) in [5.41, 5.74) is 0. The number of hydrogen-bond donors (Lipinski definition) is 0. The Bertz CT molecular complexity index is 334. The summed E-state index contributed by atoms with van der Waals surface area (Å²) in [5, 5.41) is 8.39. The van der Waals surface area contributed by atoms with Crippen molar-refractivity contribution in [1.29, 1.82) is 5.26 Å². The molecule has 0 unspecified atom stereocenters. The second-order valence-electron chi connectivity index (χ2n) is 3.33. The van der Waals surface area contributed by atoms with Crippen LogP contribution in [0, 0.1) is 17.2 Å². The van der Waals surface area contributed by atoms with E-state index in [1.54, 1.807) is 0 Å². The van der Waals surface area contributed by atoms with Gasteiger partial charge in [-0.05, 0) is 6.42 Å². The summed E-state index contributed by atoms with van der Waals surface area (Å²) in [6.07, 6.45) is 0.286. The van der Waals surface area contributed by atoms with Gasteiger partial charge in [0.25, 0.3) is 0 Å². The zero-order valence-corrected chi connectivity index (χ0v) is 8.56. The highest BCUT2D eigenvalue weighted by molar-refractivity contribution is 6.15. The minimum absolute atomic E-state index is 0.123. The van der Waals surface area contributed by atoms with Gasteiger partial charge in [-0.1, -0.05) is 0 Å². The lowest BCUT2D eigenvalue weighted by molar-refractivity contribution is -0.147. The van der Waals surface area contributed by atoms with E-state index >= 15 is 0 Å². The summed E-state index contributed by atoms with van der Waals surface area (Å²) in [6.45, 7) is 0. The van der Waals surface area contributed by atoms with Crippen molar-refractivity contribution < 1.29 is 14.4 Å². The van der Waals surface area contributed by atoms with Gasteiger partial charge in [-0.3, -0.25) is 19.4 Å². The molecule has 0 saturated carbocycles. The van der Waals surface area contributed by atoms with Gasteiger partial charge >= 0.3 is 6.03 Å². The van der Waals surface area contributed by atoms with E-state index in [1.165, 1.54) is 14.1 Å². The lowest BCUT2D eigenvalue weighted by atomic mass is 9.99. The van der Waals surface area contributed by atoms with Crippen LogP contribution in [0.4, 0.5) is 4.79 Å². The van der Waals surface area contributed by atoms with Crippen molar-refractivity contribution in [3.8, 4) is 6.07 Å². The van der Waals surface area contributed by atoms with Crippen LogP contribution in [-0.2, 0) is 9.59 Å². The maximum atomic E-state index is 11.5. The maximum absolute atomic E-state index is 11.5. The molecule has 0 atom stereocenters. The molecule has 80 valence electrons. The number of amides is 4. The molecule has 0 spiro atoms. The molecule has 6 nitrogen and oxygen atoms in total. The fourth-order valence-corrected chi connectivity index (χ4v) is 1.44. The van der Waals surface area contributed by atoms with E-state index in [2.05, 4.69) is 0 Å². The number of nitrogens with zero attached hydrogens (tertiary/aromatic N) is 3. The molecule has 1 saturated heterocycles. The number of nitriles is 1. The zero-order valence-electron chi connectivity index (χ0n) is 8.56. The van der Waals surface area contributed by atoms with Crippen molar-refractivity contribution in [2.75, 3.05) is 14.1 Å². The van der Waals surface area contributed by atoms with Crippen LogP contribution in [0.3, 0.4) is 0 Å². The molecule has 0 aromatic carbocycles. The fraction of sp³-hybridized carbons (Fsp3) is 0.556. The topological polar surface area (TPSA) is 81.5 Å². The molecule has 1 heterocycles. The Hall–Kier alpha value is -1.90. The standard InChI is InChI=1S/C9H11N3O3/c1-11-7(13)6(4-3-5-10)8(14)12(2)9(11)15/h6H,3-4H2,1-2H3. The SMILES string of the molecule is CN1C(=O)C(CCC#N)C(=O)N(C)C1=O. The average Bonchev–Trinajstić information content (AvgIpc) is 2.24. The van der Waals surface area contributed by atoms with Gasteiger partial charge in [0, 0.05) is 20.5 Å². The first-order valence-electron chi connectivity index (χ1n) is 4.46. The molecule has 0 aliphatic carbocycles. The second kappa shape index (κ2) is 4.09. The molecule has 15 heavy (non-hydrogen) atoms. The van der Waals surface area contributed by atoms with Crippen LogP contribution in [0.2, 0.25) is 0 Å². The average molecular weight is 209 g/mol. The third-order valence-electron chi connectivity index (χ3n) is 2.38. The van der Waals surface area contributed by atoms with Crippen LogP contribution in [0.25, 0.3) is 0 Å². The lowest BCUT2D eigenvalue weighted by Crippen LogP contribution is -2.56. The van der Waals surface area contributed by atoms with E-state index in [9.17, 15) is 14.4 Å². The third kappa shape index (κ3) is 1.81. The molecular formula is C9H11N3O3. The van der Waals surface area contributed by atoms with Crippen LogP contribution < -0.4 is 0 Å². The Balaban J connectivity index is 2.88. The smallest absolute Gasteiger partial charge is 0.273 e. The predicted octanol–water partition coefficient (Wildman–Crippen LogP) is -0.0432. The van der Waals surface area contributed by atoms with E-state index < -0.39 is 23.8 Å². The second-order valence-corrected chi connectivity index (χ2v) is 3.33. The molecular weight excluding hydrogens is 198 g/mol. The van der Waals surface area contributed by atoms with E-state index in [1.807, 2.05) is 6.07 Å². The van der Waals surface area contributed by atoms with Crippen LogP contribution in [0.5, 0.6) is 0 Å². The highest BCUT2D eigenvalue weighted by atomic mass is 16.2. The van der Waals surface area contributed by atoms with Gasteiger partial charge in [0.1, 0.15) is 5.92 Å². The van der Waals surface area contributed by atoms with E-state index in [0.29, 0.717) is 0 Å².